The summed E-state index contributed by atoms with van der Waals surface area (Å²) in [6.45, 7) is 4.63. The number of benzene rings is 1. The lowest BCUT2D eigenvalue weighted by molar-refractivity contribution is -0.125. The Hall–Kier alpha value is -2.04. The largest absolute Gasteiger partial charge is 0.356 e. The molecule has 1 aromatic heterocycles. The maximum atomic E-state index is 12.3. The first-order chi connectivity index (χ1) is 10.8. The van der Waals surface area contributed by atoms with E-state index in [1.165, 1.54) is 0 Å². The summed E-state index contributed by atoms with van der Waals surface area (Å²) in [5.41, 5.74) is 2.03. The summed E-state index contributed by atoms with van der Waals surface area (Å²) in [7, 11) is 0. The van der Waals surface area contributed by atoms with Gasteiger partial charge in [-0.05, 0) is 31.4 Å². The second-order valence-corrected chi connectivity index (χ2v) is 6.01. The van der Waals surface area contributed by atoms with Gasteiger partial charge in [0.15, 0.2) is 0 Å². The van der Waals surface area contributed by atoms with E-state index in [0.717, 1.165) is 62.3 Å². The first-order valence-electron chi connectivity index (χ1n) is 8.25. The van der Waals surface area contributed by atoms with Crippen LogP contribution in [0, 0.1) is 5.92 Å². The molecule has 0 radical (unpaired) electrons. The minimum atomic E-state index is 0.0684. The average Bonchev–Trinajstić information content (AvgIpc) is 2.99. The van der Waals surface area contributed by atoms with E-state index >= 15 is 0 Å². The Labute approximate surface area is 131 Å². The summed E-state index contributed by atoms with van der Waals surface area (Å²) >= 11 is 0. The standard InChI is InChI=1S/C17H24N4O/c1-2-3-10-18-16(22)13-7-6-11-21(12-13)17-19-14-8-4-5-9-15(14)20-17/h4-5,8-9,13H,2-3,6-7,10-12H2,1H3,(H,18,22)(H,19,20)/t13-/m1/s1. The Kier molecular flexibility index (Phi) is 4.61. The average molecular weight is 300 g/mol. The van der Waals surface area contributed by atoms with Crippen molar-refractivity contribution in [2.45, 2.75) is 32.6 Å². The van der Waals surface area contributed by atoms with Crippen LogP contribution in [0.5, 0.6) is 0 Å². The molecule has 0 unspecified atom stereocenters. The molecule has 2 aromatic rings. The van der Waals surface area contributed by atoms with Gasteiger partial charge >= 0.3 is 0 Å². The lowest BCUT2D eigenvalue weighted by atomic mass is 9.97. The zero-order chi connectivity index (χ0) is 15.4. The second-order valence-electron chi connectivity index (χ2n) is 6.01. The number of fused-ring (bicyclic) bond motifs is 1. The molecule has 1 saturated heterocycles. The fourth-order valence-corrected chi connectivity index (χ4v) is 3.01. The third-order valence-electron chi connectivity index (χ3n) is 4.30. The highest BCUT2D eigenvalue weighted by Crippen LogP contribution is 2.23. The maximum Gasteiger partial charge on any atom is 0.224 e. The van der Waals surface area contributed by atoms with Gasteiger partial charge in [0.25, 0.3) is 0 Å². The maximum absolute atomic E-state index is 12.3. The summed E-state index contributed by atoms with van der Waals surface area (Å²) in [4.78, 5) is 22.5. The van der Waals surface area contributed by atoms with E-state index in [2.05, 4.69) is 27.1 Å². The van der Waals surface area contributed by atoms with Crippen LogP contribution in [-0.4, -0.2) is 35.5 Å². The smallest absolute Gasteiger partial charge is 0.224 e. The number of carbonyl (C=O) groups excluding carboxylic acids is 1. The number of imidazole rings is 1. The Bertz CT molecular complexity index is 603. The van der Waals surface area contributed by atoms with Crippen molar-refractivity contribution in [1.29, 1.82) is 0 Å². The molecule has 2 heterocycles. The van der Waals surface area contributed by atoms with Crippen molar-refractivity contribution in [2.24, 2.45) is 5.92 Å². The first kappa shape index (κ1) is 14.9. The number of para-hydroxylation sites is 2. The van der Waals surface area contributed by atoms with Gasteiger partial charge in [-0.2, -0.15) is 0 Å². The molecule has 1 fully saturated rings. The topological polar surface area (TPSA) is 61.0 Å². The predicted molar refractivity (Wildman–Crippen MR) is 88.9 cm³/mol. The number of nitrogens with zero attached hydrogens (tertiary/aromatic N) is 2. The monoisotopic (exact) mass is 300 g/mol. The Balaban J connectivity index is 1.66. The van der Waals surface area contributed by atoms with Crippen molar-refractivity contribution in [3.63, 3.8) is 0 Å². The van der Waals surface area contributed by atoms with Crippen LogP contribution in [0.2, 0.25) is 0 Å². The predicted octanol–water partition coefficient (Wildman–Crippen LogP) is 2.70. The number of rotatable bonds is 5. The number of piperidine rings is 1. The number of amides is 1. The van der Waals surface area contributed by atoms with E-state index in [0.29, 0.717) is 0 Å². The van der Waals surface area contributed by atoms with Crippen molar-refractivity contribution < 1.29 is 4.79 Å². The number of hydrogen-bond donors (Lipinski definition) is 2. The molecule has 5 heteroatoms. The summed E-state index contributed by atoms with van der Waals surface area (Å²) in [6, 6.07) is 8.04. The van der Waals surface area contributed by atoms with E-state index in [1.807, 2.05) is 24.3 Å². The summed E-state index contributed by atoms with van der Waals surface area (Å²) < 4.78 is 0. The number of H-pyrrole nitrogens is 1. The van der Waals surface area contributed by atoms with Gasteiger partial charge < -0.3 is 15.2 Å². The van der Waals surface area contributed by atoms with Gasteiger partial charge in [0.2, 0.25) is 11.9 Å². The molecule has 22 heavy (non-hydrogen) atoms. The molecule has 1 atom stereocenters. The number of anilines is 1. The molecule has 0 saturated carbocycles. The van der Waals surface area contributed by atoms with Crippen LogP contribution in [0.3, 0.4) is 0 Å². The fraction of sp³-hybridized carbons (Fsp3) is 0.529. The van der Waals surface area contributed by atoms with Crippen molar-refractivity contribution >= 4 is 22.9 Å². The van der Waals surface area contributed by atoms with Crippen molar-refractivity contribution in [3.8, 4) is 0 Å². The molecule has 0 bridgehead atoms. The summed E-state index contributed by atoms with van der Waals surface area (Å²) in [5.74, 6) is 1.14. The third kappa shape index (κ3) is 3.24. The highest BCUT2D eigenvalue weighted by atomic mass is 16.1. The van der Waals surface area contributed by atoms with E-state index in [1.54, 1.807) is 0 Å². The second kappa shape index (κ2) is 6.81. The normalized spacial score (nSPS) is 18.6. The van der Waals surface area contributed by atoms with Gasteiger partial charge in [-0.1, -0.05) is 25.5 Å². The zero-order valence-corrected chi connectivity index (χ0v) is 13.1. The Morgan fingerprint density at radius 3 is 3.14 bits per heavy atom. The van der Waals surface area contributed by atoms with Crippen molar-refractivity contribution in [3.05, 3.63) is 24.3 Å². The number of carbonyl (C=O) groups is 1. The quantitative estimate of drug-likeness (QED) is 0.835. The lowest BCUT2D eigenvalue weighted by Gasteiger charge is -2.31. The van der Waals surface area contributed by atoms with Crippen LogP contribution in [0.4, 0.5) is 5.95 Å². The molecule has 1 aliphatic heterocycles. The van der Waals surface area contributed by atoms with Gasteiger partial charge in [-0.25, -0.2) is 4.98 Å². The van der Waals surface area contributed by atoms with Crippen LogP contribution in [-0.2, 0) is 4.79 Å². The highest BCUT2D eigenvalue weighted by Gasteiger charge is 2.27. The number of aromatic nitrogens is 2. The molecular formula is C17H24N4O. The van der Waals surface area contributed by atoms with Gasteiger partial charge in [-0.3, -0.25) is 4.79 Å². The molecule has 0 aliphatic carbocycles. The Morgan fingerprint density at radius 1 is 1.45 bits per heavy atom. The molecule has 1 aliphatic rings. The van der Waals surface area contributed by atoms with E-state index in [-0.39, 0.29) is 11.8 Å². The van der Waals surface area contributed by atoms with Crippen molar-refractivity contribution in [2.75, 3.05) is 24.5 Å². The fourth-order valence-electron chi connectivity index (χ4n) is 3.01. The van der Waals surface area contributed by atoms with Gasteiger partial charge in [-0.15, -0.1) is 0 Å². The van der Waals surface area contributed by atoms with Crippen LogP contribution in [0.1, 0.15) is 32.6 Å². The van der Waals surface area contributed by atoms with Crippen LogP contribution in [0.25, 0.3) is 11.0 Å². The number of unbranched alkanes of at least 4 members (excludes halogenated alkanes) is 1. The number of aromatic amines is 1. The number of nitrogens with one attached hydrogen (secondary N) is 2. The lowest BCUT2D eigenvalue weighted by Crippen LogP contribution is -2.43. The van der Waals surface area contributed by atoms with Gasteiger partial charge in [0, 0.05) is 19.6 Å². The minimum Gasteiger partial charge on any atom is -0.356 e. The summed E-state index contributed by atoms with van der Waals surface area (Å²) in [5, 5.41) is 3.06. The number of hydrogen-bond acceptors (Lipinski definition) is 3. The van der Waals surface area contributed by atoms with Crippen LogP contribution in [0.15, 0.2) is 24.3 Å². The van der Waals surface area contributed by atoms with Crippen LogP contribution >= 0.6 is 0 Å². The molecule has 118 valence electrons. The summed E-state index contributed by atoms with van der Waals surface area (Å²) in [6.07, 6.45) is 4.15. The third-order valence-corrected chi connectivity index (χ3v) is 4.30. The Morgan fingerprint density at radius 2 is 2.32 bits per heavy atom. The zero-order valence-electron chi connectivity index (χ0n) is 13.1. The van der Waals surface area contributed by atoms with E-state index < -0.39 is 0 Å². The molecule has 5 nitrogen and oxygen atoms in total. The van der Waals surface area contributed by atoms with Crippen LogP contribution < -0.4 is 10.2 Å². The molecule has 0 spiro atoms. The SMILES string of the molecule is CCCCNC(=O)[C@@H]1CCCN(c2nc3ccccc3[nH]2)C1. The molecule has 2 N–H and O–H groups in total. The molecule has 1 amide bonds. The van der Waals surface area contributed by atoms with Gasteiger partial charge in [0.1, 0.15) is 0 Å². The van der Waals surface area contributed by atoms with Crippen molar-refractivity contribution in [1.82, 2.24) is 15.3 Å². The molecule has 1 aromatic carbocycles. The molecular weight excluding hydrogens is 276 g/mol. The first-order valence-corrected chi connectivity index (χ1v) is 8.25. The van der Waals surface area contributed by atoms with E-state index in [9.17, 15) is 4.79 Å². The highest BCUT2D eigenvalue weighted by molar-refractivity contribution is 5.80. The molecule has 3 rings (SSSR count). The van der Waals surface area contributed by atoms with E-state index in [4.69, 9.17) is 0 Å². The minimum absolute atomic E-state index is 0.0684. The van der Waals surface area contributed by atoms with Gasteiger partial charge in [0.05, 0.1) is 17.0 Å².